The molecule has 8 nitrogen and oxygen atoms in total. The Labute approximate surface area is 157 Å². The molecule has 1 amide bonds. The summed E-state index contributed by atoms with van der Waals surface area (Å²) in [4.78, 5) is 12.0. The Morgan fingerprint density at radius 3 is 2.78 bits per heavy atom. The molecule has 27 heavy (non-hydrogen) atoms. The number of sulfonamides is 1. The Balaban J connectivity index is 1.48. The van der Waals surface area contributed by atoms with Crippen LogP contribution in [0.5, 0.6) is 17.2 Å². The lowest BCUT2D eigenvalue weighted by Crippen LogP contribution is -2.34. The number of nitrogens with one attached hydrogen (secondary N) is 2. The predicted molar refractivity (Wildman–Crippen MR) is 99.7 cm³/mol. The van der Waals surface area contributed by atoms with Crippen molar-refractivity contribution in [2.24, 2.45) is 0 Å². The van der Waals surface area contributed by atoms with Crippen LogP contribution in [-0.2, 0) is 21.2 Å². The lowest BCUT2D eigenvalue weighted by molar-refractivity contribution is -0.115. The monoisotopic (exact) mass is 392 g/mol. The lowest BCUT2D eigenvalue weighted by Gasteiger charge is -2.09. The summed E-state index contributed by atoms with van der Waals surface area (Å²) >= 11 is 0. The first-order valence-corrected chi connectivity index (χ1v) is 9.90. The minimum atomic E-state index is -3.59. The highest BCUT2D eigenvalue weighted by molar-refractivity contribution is 7.89. The van der Waals surface area contributed by atoms with E-state index < -0.39 is 15.9 Å². The van der Waals surface area contributed by atoms with Crippen molar-refractivity contribution >= 4 is 21.6 Å². The summed E-state index contributed by atoms with van der Waals surface area (Å²) in [6.45, 7) is -0.214. The number of anilines is 1. The average Bonchev–Trinajstić information content (AvgIpc) is 3.13. The summed E-state index contributed by atoms with van der Waals surface area (Å²) in [5.74, 6) is 1.20. The van der Waals surface area contributed by atoms with Crippen molar-refractivity contribution in [2.45, 2.75) is 6.42 Å². The minimum Gasteiger partial charge on any atom is -0.497 e. The number of carbonyl (C=O) groups excluding carboxylic acids is 1. The molecule has 0 bridgehead atoms. The number of hydrogen-bond acceptors (Lipinski definition) is 6. The molecule has 0 saturated heterocycles. The maximum Gasteiger partial charge on any atom is 0.239 e. The van der Waals surface area contributed by atoms with E-state index in [2.05, 4.69) is 10.0 Å². The number of amides is 1. The first kappa shape index (κ1) is 19.0. The molecule has 2 aromatic carbocycles. The number of rotatable bonds is 8. The number of carbonyl (C=O) groups is 1. The zero-order chi connectivity index (χ0) is 19.3. The Bertz CT molecular complexity index is 929. The van der Waals surface area contributed by atoms with Crippen molar-refractivity contribution in [1.29, 1.82) is 0 Å². The molecule has 0 radical (unpaired) electrons. The van der Waals surface area contributed by atoms with Gasteiger partial charge in [0, 0.05) is 11.8 Å². The highest BCUT2D eigenvalue weighted by Crippen LogP contribution is 2.34. The molecular weight excluding hydrogens is 372 g/mol. The van der Waals surface area contributed by atoms with E-state index in [-0.39, 0.29) is 19.1 Å². The predicted octanol–water partition coefficient (Wildman–Crippen LogP) is 1.52. The first-order chi connectivity index (χ1) is 12.9. The number of aryl methyl sites for hydroxylation is 1. The number of ether oxygens (including phenoxy) is 3. The first-order valence-electron chi connectivity index (χ1n) is 8.25. The third-order valence-electron chi connectivity index (χ3n) is 3.90. The van der Waals surface area contributed by atoms with Crippen LogP contribution in [0.3, 0.4) is 0 Å². The Morgan fingerprint density at radius 2 is 1.96 bits per heavy atom. The molecule has 144 valence electrons. The van der Waals surface area contributed by atoms with Gasteiger partial charge < -0.3 is 19.5 Å². The van der Waals surface area contributed by atoms with Crippen molar-refractivity contribution < 1.29 is 27.4 Å². The molecule has 0 saturated carbocycles. The van der Waals surface area contributed by atoms with Crippen molar-refractivity contribution in [3.05, 3.63) is 48.0 Å². The van der Waals surface area contributed by atoms with Gasteiger partial charge in [0.05, 0.1) is 19.4 Å². The van der Waals surface area contributed by atoms with E-state index in [1.807, 2.05) is 6.07 Å². The van der Waals surface area contributed by atoms with Crippen LogP contribution in [0.2, 0.25) is 0 Å². The van der Waals surface area contributed by atoms with Gasteiger partial charge in [0.1, 0.15) is 5.75 Å². The van der Waals surface area contributed by atoms with Crippen LogP contribution in [0.15, 0.2) is 42.5 Å². The van der Waals surface area contributed by atoms with E-state index in [4.69, 9.17) is 14.2 Å². The van der Waals surface area contributed by atoms with Crippen molar-refractivity contribution in [2.75, 3.05) is 31.5 Å². The van der Waals surface area contributed by atoms with E-state index in [1.165, 1.54) is 0 Å². The summed E-state index contributed by atoms with van der Waals surface area (Å²) in [5.41, 5.74) is 1.34. The molecule has 9 heteroatoms. The summed E-state index contributed by atoms with van der Waals surface area (Å²) in [7, 11) is -2.04. The Kier molecular flexibility index (Phi) is 5.82. The number of fused-ring (bicyclic) bond motifs is 1. The summed E-state index contributed by atoms with van der Waals surface area (Å²) < 4.78 is 42.1. The molecule has 0 aromatic heterocycles. The second-order valence-corrected chi connectivity index (χ2v) is 7.78. The Morgan fingerprint density at radius 1 is 1.15 bits per heavy atom. The number of methoxy groups -OCH3 is 1. The lowest BCUT2D eigenvalue weighted by atomic mass is 10.2. The largest absolute Gasteiger partial charge is 0.497 e. The van der Waals surface area contributed by atoms with Gasteiger partial charge in [-0.3, -0.25) is 4.79 Å². The van der Waals surface area contributed by atoms with Gasteiger partial charge in [0.15, 0.2) is 11.5 Å². The molecule has 1 aliphatic rings. The quantitative estimate of drug-likeness (QED) is 0.706. The molecule has 3 rings (SSSR count). The second kappa shape index (κ2) is 8.28. The SMILES string of the molecule is COc1cccc(CCS(=O)(=O)NCC(=O)Nc2ccc3c(c2)OCO3)c1. The van der Waals surface area contributed by atoms with Gasteiger partial charge >= 0.3 is 0 Å². The fourth-order valence-corrected chi connectivity index (χ4v) is 3.51. The zero-order valence-electron chi connectivity index (χ0n) is 14.7. The van der Waals surface area contributed by atoms with E-state index in [1.54, 1.807) is 43.5 Å². The van der Waals surface area contributed by atoms with Crippen LogP contribution < -0.4 is 24.2 Å². The van der Waals surface area contributed by atoms with E-state index in [9.17, 15) is 13.2 Å². The van der Waals surface area contributed by atoms with Gasteiger partial charge in [0.2, 0.25) is 22.7 Å². The Hall–Kier alpha value is -2.78. The van der Waals surface area contributed by atoms with Crippen LogP contribution in [0.1, 0.15) is 5.56 Å². The molecule has 1 heterocycles. The highest BCUT2D eigenvalue weighted by atomic mass is 32.2. The van der Waals surface area contributed by atoms with Gasteiger partial charge in [-0.05, 0) is 36.2 Å². The topological polar surface area (TPSA) is 103 Å². The molecule has 0 spiro atoms. The number of benzene rings is 2. The van der Waals surface area contributed by atoms with Crippen LogP contribution in [0.4, 0.5) is 5.69 Å². The third kappa shape index (κ3) is 5.35. The van der Waals surface area contributed by atoms with Crippen LogP contribution in [-0.4, -0.2) is 40.5 Å². The maximum absolute atomic E-state index is 12.1. The molecule has 0 unspecified atom stereocenters. The van der Waals surface area contributed by atoms with Crippen molar-refractivity contribution in [3.63, 3.8) is 0 Å². The summed E-state index contributed by atoms with van der Waals surface area (Å²) in [6, 6.07) is 12.1. The van der Waals surface area contributed by atoms with E-state index >= 15 is 0 Å². The standard InChI is InChI=1S/C18H20N2O6S/c1-24-15-4-2-3-13(9-15)7-8-27(22,23)19-11-18(21)20-14-5-6-16-17(10-14)26-12-25-16/h2-6,9-10,19H,7-8,11-12H2,1H3,(H,20,21). The van der Waals surface area contributed by atoms with Gasteiger partial charge in [-0.2, -0.15) is 0 Å². The molecule has 2 N–H and O–H groups in total. The smallest absolute Gasteiger partial charge is 0.239 e. The van der Waals surface area contributed by atoms with E-state index in [0.29, 0.717) is 29.4 Å². The van der Waals surface area contributed by atoms with Crippen LogP contribution in [0, 0.1) is 0 Å². The van der Waals surface area contributed by atoms with Gasteiger partial charge in [-0.15, -0.1) is 0 Å². The maximum atomic E-state index is 12.1. The second-order valence-electron chi connectivity index (χ2n) is 5.86. The fraction of sp³-hybridized carbons (Fsp3) is 0.278. The van der Waals surface area contributed by atoms with Crippen LogP contribution >= 0.6 is 0 Å². The van der Waals surface area contributed by atoms with Crippen LogP contribution in [0.25, 0.3) is 0 Å². The third-order valence-corrected chi connectivity index (χ3v) is 5.23. The average molecular weight is 392 g/mol. The van der Waals surface area contributed by atoms with Crippen molar-refractivity contribution in [3.8, 4) is 17.2 Å². The zero-order valence-corrected chi connectivity index (χ0v) is 15.5. The molecular formula is C18H20N2O6S. The van der Waals surface area contributed by atoms with Gasteiger partial charge in [0.25, 0.3) is 0 Å². The number of hydrogen-bond donors (Lipinski definition) is 2. The highest BCUT2D eigenvalue weighted by Gasteiger charge is 2.16. The van der Waals surface area contributed by atoms with Crippen molar-refractivity contribution in [1.82, 2.24) is 4.72 Å². The molecule has 1 aliphatic heterocycles. The van der Waals surface area contributed by atoms with E-state index in [0.717, 1.165) is 5.56 Å². The molecule has 2 aromatic rings. The molecule has 0 fully saturated rings. The fourth-order valence-electron chi connectivity index (χ4n) is 2.51. The van der Waals surface area contributed by atoms with Gasteiger partial charge in [-0.25, -0.2) is 13.1 Å². The molecule has 0 aliphatic carbocycles. The minimum absolute atomic E-state index is 0.128. The summed E-state index contributed by atoms with van der Waals surface area (Å²) in [5, 5.41) is 2.62. The van der Waals surface area contributed by atoms with Gasteiger partial charge in [-0.1, -0.05) is 12.1 Å². The summed E-state index contributed by atoms with van der Waals surface area (Å²) in [6.07, 6.45) is 0.316. The molecule has 0 atom stereocenters. The normalized spacial score (nSPS) is 12.6.